The summed E-state index contributed by atoms with van der Waals surface area (Å²) in [4.78, 5) is 56.7. The first-order valence-electron chi connectivity index (χ1n) is 30.2. The molecule has 0 aromatic carbocycles. The first-order valence-corrected chi connectivity index (χ1v) is 30.2. The van der Waals surface area contributed by atoms with Gasteiger partial charge in [0.15, 0.2) is 0 Å². The number of nitrogens with zero attached hydrogens (tertiary/aromatic N) is 4. The SMILES string of the molecule is C.C.C.C.C.CC.CC.CC.CC.CC(C)(C)C(=O)OC1CCCN(C(C)(C)C)C1.CC(C)(C)C(=O)OC1CCN(C(C)(C)C)C1.CC(C)(C)C(=O)OCC1CCCN(C(C)(C)C)C1.CC(C)(C)C(=O)OCC1CCN(C(C)(C)C)C1. The van der Waals surface area contributed by atoms with Gasteiger partial charge in [-0.2, -0.15) is 0 Å². The van der Waals surface area contributed by atoms with E-state index in [0.717, 1.165) is 78.0 Å². The highest BCUT2D eigenvalue weighted by Crippen LogP contribution is 2.29. The maximum Gasteiger partial charge on any atom is 0.311 e. The predicted molar refractivity (Wildman–Crippen MR) is 359 cm³/mol. The van der Waals surface area contributed by atoms with Crippen LogP contribution >= 0.6 is 0 Å². The van der Waals surface area contributed by atoms with Gasteiger partial charge < -0.3 is 18.9 Å². The molecule has 4 aliphatic heterocycles. The second-order valence-corrected chi connectivity index (χ2v) is 28.3. The zero-order chi connectivity index (χ0) is 61.1. The van der Waals surface area contributed by atoms with Gasteiger partial charge in [0.05, 0.1) is 34.9 Å². The van der Waals surface area contributed by atoms with E-state index in [1.165, 1.54) is 12.8 Å². The van der Waals surface area contributed by atoms with E-state index in [4.69, 9.17) is 18.9 Å². The van der Waals surface area contributed by atoms with Crippen molar-refractivity contribution in [3.8, 4) is 0 Å². The Kier molecular flexibility index (Phi) is 53.4. The molecule has 4 unspecified atom stereocenters. The van der Waals surface area contributed by atoms with Crippen molar-refractivity contribution in [2.24, 2.45) is 33.5 Å². The monoisotopic (exact) mass is 1170 g/mol. The minimum atomic E-state index is -0.399. The number of hydrogen-bond donors (Lipinski definition) is 0. The summed E-state index contributed by atoms with van der Waals surface area (Å²) in [6.45, 7) is 74.8. The van der Waals surface area contributed by atoms with Crippen molar-refractivity contribution in [2.75, 3.05) is 65.6 Å². The van der Waals surface area contributed by atoms with Gasteiger partial charge in [0.1, 0.15) is 12.2 Å². The second-order valence-electron chi connectivity index (χ2n) is 28.3. The second kappa shape index (κ2) is 44.2. The number of carbonyl (C=O) groups excluding carboxylic acids is 4. The Morgan fingerprint density at radius 3 is 0.827 bits per heavy atom. The molecule has 0 bridgehead atoms. The van der Waals surface area contributed by atoms with Crippen LogP contribution in [0.25, 0.3) is 0 Å². The van der Waals surface area contributed by atoms with E-state index in [1.807, 2.05) is 138 Å². The molecule has 0 aromatic heterocycles. The Morgan fingerprint density at radius 2 is 0.556 bits per heavy atom. The predicted octanol–water partition coefficient (Wildman–Crippen LogP) is 18.4. The van der Waals surface area contributed by atoms with E-state index in [1.54, 1.807) is 0 Å². The zero-order valence-electron chi connectivity index (χ0n) is 56.7. The highest BCUT2D eigenvalue weighted by molar-refractivity contribution is 5.76. The van der Waals surface area contributed by atoms with Crippen LogP contribution < -0.4 is 0 Å². The summed E-state index contributed by atoms with van der Waals surface area (Å²) in [5.74, 6) is 0.637. The third-order valence-electron chi connectivity index (χ3n) is 13.0. The van der Waals surface area contributed by atoms with Gasteiger partial charge in [-0.1, -0.05) is 92.5 Å². The normalized spacial score (nSPS) is 19.8. The molecule has 0 saturated carbocycles. The van der Waals surface area contributed by atoms with Crippen LogP contribution in [0.5, 0.6) is 0 Å². The van der Waals surface area contributed by atoms with E-state index in [9.17, 15) is 19.2 Å². The molecule has 12 nitrogen and oxygen atoms in total. The van der Waals surface area contributed by atoms with Gasteiger partial charge in [0.25, 0.3) is 0 Å². The Balaban J connectivity index is -0.000000115. The van der Waals surface area contributed by atoms with Crippen LogP contribution in [-0.4, -0.2) is 143 Å². The maximum atomic E-state index is 11.8. The highest BCUT2D eigenvalue weighted by atomic mass is 16.6. The van der Waals surface area contributed by atoms with Gasteiger partial charge in [0.2, 0.25) is 0 Å². The van der Waals surface area contributed by atoms with Gasteiger partial charge >= 0.3 is 23.9 Å². The van der Waals surface area contributed by atoms with Gasteiger partial charge in [-0.25, -0.2) is 0 Å². The van der Waals surface area contributed by atoms with Gasteiger partial charge in [0, 0.05) is 66.7 Å². The number of hydrogen-bond acceptors (Lipinski definition) is 12. The van der Waals surface area contributed by atoms with Crippen molar-refractivity contribution in [2.45, 2.75) is 332 Å². The van der Waals surface area contributed by atoms with Crippen LogP contribution in [0.2, 0.25) is 0 Å². The number of likely N-dealkylation sites (tertiary alicyclic amines) is 4. The van der Waals surface area contributed by atoms with E-state index in [0.29, 0.717) is 25.0 Å². The maximum absolute atomic E-state index is 11.8. The topological polar surface area (TPSA) is 118 Å². The molecule has 4 aliphatic rings. The fraction of sp³-hybridized carbons (Fsp3) is 0.942. The standard InChI is InChI=1S/C15H29NO2.2C14H27NO2.C13H25NO2.4C2H6.5CH4/c1-14(2,3)13(17)18-11-12-8-7-9-16(10-12)15(4,5)6;1-13(2,3)12(16)17-10-11-7-8-15(9-11)14(4,5)6;1-13(2,3)12(16)17-11-8-7-9-15(10-11)14(4,5)6;1-12(2,3)11(15)16-10-7-8-14(9-10)13(4,5)6;4*1-2;;;;;/h12H,7-11H2,1-6H3;2*11H,7-10H2,1-6H3;10H,7-9H2,1-6H3;4*1-2H3;5*1H4. The molecule has 81 heavy (non-hydrogen) atoms. The molecule has 12 heteroatoms. The molecule has 496 valence electrons. The van der Waals surface area contributed by atoms with E-state index < -0.39 is 16.2 Å². The van der Waals surface area contributed by atoms with E-state index >= 15 is 0 Å². The summed E-state index contributed by atoms with van der Waals surface area (Å²) < 4.78 is 21.9. The summed E-state index contributed by atoms with van der Waals surface area (Å²) in [5.41, 5.74) is -0.801. The molecule has 4 saturated heterocycles. The average Bonchev–Trinajstić information content (AvgIpc) is 4.00. The number of piperidine rings is 2. The van der Waals surface area contributed by atoms with Crippen LogP contribution in [0.15, 0.2) is 0 Å². The summed E-state index contributed by atoms with van der Waals surface area (Å²) in [6.07, 6.45) is 6.71. The smallest absolute Gasteiger partial charge is 0.311 e. The Hall–Kier alpha value is -2.28. The van der Waals surface area contributed by atoms with Crippen LogP contribution in [0.1, 0.15) is 297 Å². The largest absolute Gasteiger partial charge is 0.465 e. The van der Waals surface area contributed by atoms with Gasteiger partial charge in [-0.15, -0.1) is 0 Å². The lowest BCUT2D eigenvalue weighted by atomic mass is 9.93. The summed E-state index contributed by atoms with van der Waals surface area (Å²) in [7, 11) is 0. The molecule has 0 spiro atoms. The Labute approximate surface area is 510 Å². The molecule has 0 aliphatic carbocycles. The Morgan fingerprint density at radius 1 is 0.321 bits per heavy atom. The van der Waals surface area contributed by atoms with E-state index in [2.05, 4.69) is 103 Å². The van der Waals surface area contributed by atoms with Crippen LogP contribution in [0.3, 0.4) is 0 Å². The van der Waals surface area contributed by atoms with Crippen molar-refractivity contribution in [3.63, 3.8) is 0 Å². The minimum Gasteiger partial charge on any atom is -0.465 e. The third kappa shape index (κ3) is 43.1. The van der Waals surface area contributed by atoms with Crippen molar-refractivity contribution in [1.82, 2.24) is 19.6 Å². The molecule has 0 N–H and O–H groups in total. The molecular weight excluding hydrogens is 1010 g/mol. The number of esters is 4. The van der Waals surface area contributed by atoms with Gasteiger partial charge in [-0.3, -0.25) is 38.8 Å². The fourth-order valence-corrected chi connectivity index (χ4v) is 7.94. The lowest BCUT2D eigenvalue weighted by Gasteiger charge is -2.41. The first kappa shape index (κ1) is 97.8. The van der Waals surface area contributed by atoms with Crippen LogP contribution in [0.4, 0.5) is 0 Å². The first-order chi connectivity index (χ1) is 34.4. The highest BCUT2D eigenvalue weighted by Gasteiger charge is 2.36. The fourth-order valence-electron chi connectivity index (χ4n) is 7.94. The zero-order valence-corrected chi connectivity index (χ0v) is 56.7. The van der Waals surface area contributed by atoms with E-state index in [-0.39, 0.29) is 101 Å². The van der Waals surface area contributed by atoms with Gasteiger partial charge in [-0.05, 0) is 224 Å². The lowest BCUT2D eigenvalue weighted by Crippen LogP contribution is -2.50. The van der Waals surface area contributed by atoms with Crippen molar-refractivity contribution < 1.29 is 38.1 Å². The lowest BCUT2D eigenvalue weighted by molar-refractivity contribution is -0.162. The number of carbonyl (C=O) groups is 4. The number of ether oxygens (including phenoxy) is 4. The van der Waals surface area contributed by atoms with Crippen molar-refractivity contribution >= 4 is 23.9 Å². The van der Waals surface area contributed by atoms with Crippen LogP contribution in [-0.2, 0) is 38.1 Å². The number of rotatable bonds is 6. The molecule has 0 radical (unpaired) electrons. The third-order valence-corrected chi connectivity index (χ3v) is 13.0. The summed E-state index contributed by atoms with van der Waals surface area (Å²) in [6, 6.07) is 0. The molecule has 4 atom stereocenters. The van der Waals surface area contributed by atoms with Crippen molar-refractivity contribution in [1.29, 1.82) is 0 Å². The summed E-state index contributed by atoms with van der Waals surface area (Å²) in [5, 5.41) is 0. The molecule has 0 amide bonds. The molecule has 0 aromatic rings. The quantitative estimate of drug-likeness (QED) is 0.186. The molecule has 4 fully saturated rings. The Bertz CT molecular complexity index is 1560. The average molecular weight is 1170 g/mol. The summed E-state index contributed by atoms with van der Waals surface area (Å²) >= 11 is 0. The van der Waals surface area contributed by atoms with Crippen molar-refractivity contribution in [3.05, 3.63) is 0 Å². The van der Waals surface area contributed by atoms with Crippen LogP contribution in [0, 0.1) is 33.5 Å². The minimum absolute atomic E-state index is 0. The molecule has 4 heterocycles. The molecule has 4 rings (SSSR count). The molecular formula is C69H152N4O8.